The maximum atomic E-state index is 12.7. The minimum absolute atomic E-state index is 0.259. The Labute approximate surface area is 66.7 Å². The fourth-order valence-electron chi connectivity index (χ4n) is 0.702. The van der Waals surface area contributed by atoms with Crippen LogP contribution in [0, 0.1) is 11.3 Å². The van der Waals surface area contributed by atoms with Crippen molar-refractivity contribution < 1.29 is 14.3 Å². The van der Waals surface area contributed by atoms with E-state index in [1.54, 1.807) is 6.07 Å². The van der Waals surface area contributed by atoms with Gasteiger partial charge in [0, 0.05) is 12.4 Å². The van der Waals surface area contributed by atoms with Gasteiger partial charge in [0.2, 0.25) is 5.82 Å². The molecule has 1 N–H and O–H groups in total. The number of carbonyl (C=O) groups is 1. The Morgan fingerprint density at radius 1 is 1.92 bits per heavy atom. The minimum Gasteiger partial charge on any atom is -0.478 e. The summed E-state index contributed by atoms with van der Waals surface area (Å²) in [7, 11) is 0. The van der Waals surface area contributed by atoms with Gasteiger partial charge in [-0.25, -0.2) is 14.2 Å². The van der Waals surface area contributed by atoms with Crippen molar-refractivity contribution in [2.75, 3.05) is 0 Å². The summed E-state index contributed by atoms with van der Waals surface area (Å²) in [4.78, 5) is 13.6. The van der Waals surface area contributed by atoms with Crippen LogP contribution < -0.4 is 0 Å². The van der Waals surface area contributed by atoms with Crippen LogP contribution in [0.25, 0.3) is 0 Å². The van der Waals surface area contributed by atoms with Crippen molar-refractivity contribution in [2.24, 2.45) is 0 Å². The van der Waals surface area contributed by atoms with Gasteiger partial charge in [0.15, 0.2) is 0 Å². The highest BCUT2D eigenvalue weighted by atomic mass is 19.1. The number of carboxylic acids is 1. The average Bonchev–Trinajstić information content (AvgIpc) is 2.49. The van der Waals surface area contributed by atoms with Gasteiger partial charge in [0.25, 0.3) is 6.30 Å². The van der Waals surface area contributed by atoms with Crippen LogP contribution in [0.4, 0.5) is 4.39 Å². The minimum atomic E-state index is -2.25. The fourth-order valence-corrected chi connectivity index (χ4v) is 0.702. The SMILES string of the molecule is N#Cc1nccn1C(F)C(=O)O. The molecule has 0 aliphatic rings. The van der Waals surface area contributed by atoms with Crippen LogP contribution in [-0.2, 0) is 4.79 Å². The third-order valence-corrected chi connectivity index (χ3v) is 1.22. The molecule has 12 heavy (non-hydrogen) atoms. The van der Waals surface area contributed by atoms with E-state index >= 15 is 0 Å². The number of aliphatic carboxylic acids is 1. The normalized spacial score (nSPS) is 12.0. The standard InChI is InChI=1S/C6H4FN3O2/c7-5(6(11)12)10-2-1-9-4(10)3-8/h1-2,5H,(H,11,12). The Kier molecular flexibility index (Phi) is 2.05. The van der Waals surface area contributed by atoms with Crippen molar-refractivity contribution in [1.29, 1.82) is 5.26 Å². The lowest BCUT2D eigenvalue weighted by molar-refractivity contribution is -0.146. The molecule has 1 unspecified atom stereocenters. The molecule has 0 saturated carbocycles. The highest BCUT2D eigenvalue weighted by molar-refractivity contribution is 5.70. The molecule has 0 fully saturated rings. The summed E-state index contributed by atoms with van der Waals surface area (Å²) in [5.41, 5.74) is 0. The predicted molar refractivity (Wildman–Crippen MR) is 34.7 cm³/mol. The van der Waals surface area contributed by atoms with Gasteiger partial charge < -0.3 is 5.11 Å². The lowest BCUT2D eigenvalue weighted by Gasteiger charge is -2.03. The Bertz CT molecular complexity index is 341. The average molecular weight is 169 g/mol. The van der Waals surface area contributed by atoms with E-state index in [1.807, 2.05) is 0 Å². The first kappa shape index (κ1) is 8.20. The zero-order chi connectivity index (χ0) is 9.14. The van der Waals surface area contributed by atoms with Crippen molar-refractivity contribution in [3.05, 3.63) is 18.2 Å². The van der Waals surface area contributed by atoms with Crippen molar-refractivity contribution in [3.8, 4) is 6.07 Å². The summed E-state index contributed by atoms with van der Waals surface area (Å²) in [5.74, 6) is -1.91. The molecule has 6 heteroatoms. The maximum absolute atomic E-state index is 12.7. The van der Waals surface area contributed by atoms with E-state index in [0.717, 1.165) is 12.4 Å². The number of carboxylic acid groups (broad SMARTS) is 1. The van der Waals surface area contributed by atoms with Gasteiger partial charge in [0.05, 0.1) is 0 Å². The van der Waals surface area contributed by atoms with Crippen molar-refractivity contribution in [2.45, 2.75) is 6.30 Å². The number of nitrogens with zero attached hydrogens (tertiary/aromatic N) is 3. The van der Waals surface area contributed by atoms with Crippen LogP contribution in [-0.4, -0.2) is 20.6 Å². The summed E-state index contributed by atoms with van der Waals surface area (Å²) < 4.78 is 13.4. The van der Waals surface area contributed by atoms with Gasteiger partial charge in [-0.2, -0.15) is 5.26 Å². The first-order chi connectivity index (χ1) is 5.66. The van der Waals surface area contributed by atoms with E-state index in [0.29, 0.717) is 4.57 Å². The molecule has 0 saturated heterocycles. The third-order valence-electron chi connectivity index (χ3n) is 1.22. The van der Waals surface area contributed by atoms with Crippen molar-refractivity contribution >= 4 is 5.97 Å². The summed E-state index contributed by atoms with van der Waals surface area (Å²) in [6, 6.07) is 1.56. The number of hydrogen-bond donors (Lipinski definition) is 1. The zero-order valence-corrected chi connectivity index (χ0v) is 5.81. The molecule has 1 rings (SSSR count). The van der Waals surface area contributed by atoms with E-state index in [-0.39, 0.29) is 5.82 Å². The predicted octanol–water partition coefficient (Wildman–Crippen LogP) is 0.307. The Hall–Kier alpha value is -1.90. The molecule has 5 nitrogen and oxygen atoms in total. The lowest BCUT2D eigenvalue weighted by atomic mass is 10.5. The van der Waals surface area contributed by atoms with E-state index < -0.39 is 12.3 Å². The Balaban J connectivity index is 3.03. The highest BCUT2D eigenvalue weighted by Crippen LogP contribution is 2.10. The topological polar surface area (TPSA) is 78.9 Å². The first-order valence-electron chi connectivity index (χ1n) is 2.96. The molecule has 0 amide bonds. The van der Waals surface area contributed by atoms with E-state index in [1.165, 1.54) is 0 Å². The van der Waals surface area contributed by atoms with Gasteiger partial charge >= 0.3 is 5.97 Å². The fraction of sp³-hybridized carbons (Fsp3) is 0.167. The number of nitriles is 1. The van der Waals surface area contributed by atoms with Crippen LogP contribution in [0.3, 0.4) is 0 Å². The monoisotopic (exact) mass is 169 g/mol. The molecule has 1 aromatic heterocycles. The smallest absolute Gasteiger partial charge is 0.359 e. The molecule has 0 bridgehead atoms. The molecule has 0 aliphatic carbocycles. The largest absolute Gasteiger partial charge is 0.478 e. The summed E-state index contributed by atoms with van der Waals surface area (Å²) in [6.45, 7) is 0. The Morgan fingerprint density at radius 2 is 2.58 bits per heavy atom. The molecule has 1 atom stereocenters. The van der Waals surface area contributed by atoms with Crippen LogP contribution in [0.5, 0.6) is 0 Å². The summed E-state index contributed by atoms with van der Waals surface area (Å²) >= 11 is 0. The number of imidazole rings is 1. The van der Waals surface area contributed by atoms with Gasteiger partial charge in [-0.15, -0.1) is 0 Å². The second-order valence-corrected chi connectivity index (χ2v) is 1.94. The van der Waals surface area contributed by atoms with Crippen molar-refractivity contribution in [3.63, 3.8) is 0 Å². The summed E-state index contributed by atoms with van der Waals surface area (Å²) in [5, 5.41) is 16.6. The number of rotatable bonds is 2. The van der Waals surface area contributed by atoms with Crippen LogP contribution in [0.1, 0.15) is 12.1 Å². The number of hydrogen-bond acceptors (Lipinski definition) is 3. The molecule has 0 spiro atoms. The molecule has 0 radical (unpaired) electrons. The van der Waals surface area contributed by atoms with Gasteiger partial charge in [0.1, 0.15) is 6.07 Å². The first-order valence-corrected chi connectivity index (χ1v) is 2.96. The number of alkyl halides is 1. The second kappa shape index (κ2) is 3.00. The zero-order valence-electron chi connectivity index (χ0n) is 5.81. The van der Waals surface area contributed by atoms with Crippen LogP contribution in [0.15, 0.2) is 12.4 Å². The van der Waals surface area contributed by atoms with E-state index in [9.17, 15) is 9.18 Å². The van der Waals surface area contributed by atoms with E-state index in [4.69, 9.17) is 10.4 Å². The Morgan fingerprint density at radius 3 is 3.08 bits per heavy atom. The molecule has 1 aromatic rings. The number of halogens is 1. The molecule has 0 aliphatic heterocycles. The maximum Gasteiger partial charge on any atom is 0.359 e. The van der Waals surface area contributed by atoms with Gasteiger partial charge in [-0.1, -0.05) is 0 Å². The molecule has 1 heterocycles. The molecule has 62 valence electrons. The van der Waals surface area contributed by atoms with Crippen LogP contribution in [0.2, 0.25) is 0 Å². The number of aromatic nitrogens is 2. The second-order valence-electron chi connectivity index (χ2n) is 1.94. The quantitative estimate of drug-likeness (QED) is 0.690. The van der Waals surface area contributed by atoms with Gasteiger partial charge in [-0.3, -0.25) is 4.57 Å². The van der Waals surface area contributed by atoms with Gasteiger partial charge in [-0.05, 0) is 0 Å². The molecular formula is C6H4FN3O2. The highest BCUT2D eigenvalue weighted by Gasteiger charge is 2.20. The lowest BCUT2D eigenvalue weighted by Crippen LogP contribution is -2.14. The van der Waals surface area contributed by atoms with E-state index in [2.05, 4.69) is 4.98 Å². The van der Waals surface area contributed by atoms with Crippen molar-refractivity contribution in [1.82, 2.24) is 9.55 Å². The molecule has 0 aromatic carbocycles. The van der Waals surface area contributed by atoms with Crippen LogP contribution >= 0.6 is 0 Å². The third kappa shape index (κ3) is 1.25. The summed E-state index contributed by atoms with van der Waals surface area (Å²) in [6.07, 6.45) is 0.00736. The molecular weight excluding hydrogens is 165 g/mol.